The predicted octanol–water partition coefficient (Wildman–Crippen LogP) is 3.32. The van der Waals surface area contributed by atoms with E-state index >= 15 is 0 Å². The number of carbonyl (C=O) groups excluding carboxylic acids is 2. The topological polar surface area (TPSA) is 136 Å². The molecule has 1 fully saturated rings. The third-order valence-electron chi connectivity index (χ3n) is 5.77. The van der Waals surface area contributed by atoms with Crippen molar-refractivity contribution in [3.63, 3.8) is 0 Å². The number of amides is 2. The minimum absolute atomic E-state index is 0.140. The Bertz CT molecular complexity index is 1460. The Kier molecular flexibility index (Phi) is 7.11. The molecule has 10 nitrogen and oxygen atoms in total. The van der Waals surface area contributed by atoms with Gasteiger partial charge in [0.05, 0.1) is 24.8 Å². The first-order valence-corrected chi connectivity index (χ1v) is 11.9. The van der Waals surface area contributed by atoms with Crippen molar-refractivity contribution in [3.05, 3.63) is 77.2 Å². The highest BCUT2D eigenvalue weighted by Gasteiger charge is 2.21. The van der Waals surface area contributed by atoms with E-state index < -0.39 is 0 Å². The van der Waals surface area contributed by atoms with Crippen LogP contribution in [0.15, 0.2) is 59.4 Å². The van der Waals surface area contributed by atoms with Crippen molar-refractivity contribution in [2.45, 2.75) is 6.54 Å². The van der Waals surface area contributed by atoms with Crippen LogP contribution in [0.2, 0.25) is 5.02 Å². The van der Waals surface area contributed by atoms with Crippen LogP contribution < -0.4 is 11.1 Å². The standard InChI is InChI=1S/C26H23ClN6O4/c27-21-11-17(19-13-31-25(32-14-19)26(35)33-5-7-36-8-6-33)9-18-10-20(37-24(18)21)15-30-23(34)4-2-16-1-3-22(28)29-12-16/h1-4,9-14H,5-8,15H2,(H2,28,29)(H,30,34)/b4-2+. The summed E-state index contributed by atoms with van der Waals surface area (Å²) in [6.45, 7) is 2.25. The van der Waals surface area contributed by atoms with Crippen LogP contribution in [0.4, 0.5) is 5.82 Å². The van der Waals surface area contributed by atoms with Crippen molar-refractivity contribution >= 4 is 46.3 Å². The van der Waals surface area contributed by atoms with E-state index in [-0.39, 0.29) is 24.2 Å². The summed E-state index contributed by atoms with van der Waals surface area (Å²) in [6, 6.07) is 8.89. The number of nitrogens with one attached hydrogen (secondary N) is 1. The van der Waals surface area contributed by atoms with Gasteiger partial charge in [-0.05, 0) is 47.5 Å². The number of nitrogen functional groups attached to an aromatic ring is 1. The Balaban J connectivity index is 1.26. The molecule has 0 unspecified atom stereocenters. The molecule has 0 radical (unpaired) electrons. The molecule has 3 aromatic heterocycles. The van der Waals surface area contributed by atoms with E-state index in [0.717, 1.165) is 16.5 Å². The summed E-state index contributed by atoms with van der Waals surface area (Å²) in [7, 11) is 0. The van der Waals surface area contributed by atoms with Crippen LogP contribution >= 0.6 is 11.6 Å². The number of aromatic nitrogens is 3. The number of nitrogens with zero attached hydrogens (tertiary/aromatic N) is 4. The Morgan fingerprint density at radius 1 is 1.05 bits per heavy atom. The van der Waals surface area contributed by atoms with Gasteiger partial charge in [-0.3, -0.25) is 9.59 Å². The SMILES string of the molecule is Nc1ccc(/C=C/C(=O)NCc2cc3cc(-c4cnc(C(=O)N5CCOCC5)nc4)cc(Cl)c3o2)cn1. The fourth-order valence-electron chi connectivity index (χ4n) is 3.83. The van der Waals surface area contributed by atoms with Gasteiger partial charge in [0.25, 0.3) is 5.91 Å². The molecule has 5 rings (SSSR count). The molecule has 0 spiro atoms. The number of halogens is 1. The molecule has 0 bridgehead atoms. The highest BCUT2D eigenvalue weighted by molar-refractivity contribution is 6.35. The zero-order valence-corrected chi connectivity index (χ0v) is 20.4. The van der Waals surface area contributed by atoms with E-state index in [1.165, 1.54) is 6.08 Å². The molecule has 1 saturated heterocycles. The van der Waals surface area contributed by atoms with E-state index in [2.05, 4.69) is 20.3 Å². The lowest BCUT2D eigenvalue weighted by atomic mass is 10.1. The molecule has 3 N–H and O–H groups in total. The summed E-state index contributed by atoms with van der Waals surface area (Å²) in [5.41, 5.74) is 8.32. The number of carbonyl (C=O) groups is 2. The van der Waals surface area contributed by atoms with Gasteiger partial charge in [0, 0.05) is 48.7 Å². The maximum atomic E-state index is 12.6. The second-order valence-electron chi connectivity index (χ2n) is 8.36. The Morgan fingerprint density at radius 2 is 1.84 bits per heavy atom. The molecule has 1 aliphatic rings. The van der Waals surface area contributed by atoms with Crippen LogP contribution in [0.5, 0.6) is 0 Å². The fraction of sp³-hybridized carbons (Fsp3) is 0.192. The summed E-state index contributed by atoms with van der Waals surface area (Å²) < 4.78 is 11.1. The van der Waals surface area contributed by atoms with Gasteiger partial charge >= 0.3 is 0 Å². The maximum absolute atomic E-state index is 12.6. The fourth-order valence-corrected chi connectivity index (χ4v) is 4.10. The minimum Gasteiger partial charge on any atom is -0.458 e. The normalized spacial score (nSPS) is 13.8. The molecule has 37 heavy (non-hydrogen) atoms. The Hall–Kier alpha value is -4.28. The second kappa shape index (κ2) is 10.8. The number of pyridine rings is 1. The molecule has 0 saturated carbocycles. The van der Waals surface area contributed by atoms with Gasteiger partial charge in [0.1, 0.15) is 11.6 Å². The van der Waals surface area contributed by atoms with Crippen LogP contribution in [-0.4, -0.2) is 58.0 Å². The number of nitrogens with two attached hydrogens (primary N) is 1. The van der Waals surface area contributed by atoms with Gasteiger partial charge in [-0.15, -0.1) is 0 Å². The van der Waals surface area contributed by atoms with Gasteiger partial charge in [0.2, 0.25) is 11.7 Å². The van der Waals surface area contributed by atoms with Crippen LogP contribution in [0, 0.1) is 0 Å². The smallest absolute Gasteiger partial charge is 0.291 e. The van der Waals surface area contributed by atoms with Crippen LogP contribution in [0.1, 0.15) is 21.9 Å². The molecular formula is C26H23ClN6O4. The summed E-state index contributed by atoms with van der Waals surface area (Å²) in [4.78, 5) is 39.0. The highest BCUT2D eigenvalue weighted by atomic mass is 35.5. The number of benzene rings is 1. The largest absolute Gasteiger partial charge is 0.458 e. The van der Waals surface area contributed by atoms with Crippen molar-refractivity contribution < 1.29 is 18.7 Å². The molecule has 2 amide bonds. The van der Waals surface area contributed by atoms with E-state index in [1.807, 2.05) is 12.1 Å². The van der Waals surface area contributed by atoms with Crippen molar-refractivity contribution in [1.82, 2.24) is 25.2 Å². The van der Waals surface area contributed by atoms with Crippen molar-refractivity contribution in [2.24, 2.45) is 0 Å². The molecule has 1 aliphatic heterocycles. The first-order valence-electron chi connectivity index (χ1n) is 11.5. The predicted molar refractivity (Wildman–Crippen MR) is 139 cm³/mol. The molecule has 11 heteroatoms. The number of ether oxygens (including phenoxy) is 1. The first kappa shape index (κ1) is 24.4. The summed E-state index contributed by atoms with van der Waals surface area (Å²) >= 11 is 6.48. The first-order chi connectivity index (χ1) is 18.0. The minimum atomic E-state index is -0.284. The van der Waals surface area contributed by atoms with E-state index in [0.29, 0.717) is 54.1 Å². The van der Waals surface area contributed by atoms with Crippen molar-refractivity contribution in [2.75, 3.05) is 32.0 Å². The molecule has 0 aliphatic carbocycles. The molecule has 4 heterocycles. The number of furan rings is 1. The van der Waals surface area contributed by atoms with Crippen LogP contribution in [0.3, 0.4) is 0 Å². The van der Waals surface area contributed by atoms with E-state index in [1.54, 1.807) is 47.8 Å². The molecule has 1 aromatic carbocycles. The Morgan fingerprint density at radius 3 is 2.57 bits per heavy atom. The number of morpholine rings is 1. The van der Waals surface area contributed by atoms with E-state index in [4.69, 9.17) is 26.5 Å². The third-order valence-corrected chi connectivity index (χ3v) is 6.05. The zero-order chi connectivity index (χ0) is 25.8. The summed E-state index contributed by atoms with van der Waals surface area (Å²) in [6.07, 6.45) is 7.84. The Labute approximate surface area is 217 Å². The monoisotopic (exact) mass is 518 g/mol. The average molecular weight is 519 g/mol. The highest BCUT2D eigenvalue weighted by Crippen LogP contribution is 2.32. The number of hydrogen-bond donors (Lipinski definition) is 2. The number of anilines is 1. The summed E-state index contributed by atoms with van der Waals surface area (Å²) in [5.74, 6) is 0.600. The lowest BCUT2D eigenvalue weighted by Gasteiger charge is -2.25. The lowest BCUT2D eigenvalue weighted by molar-refractivity contribution is -0.116. The average Bonchev–Trinajstić information content (AvgIpc) is 3.35. The number of fused-ring (bicyclic) bond motifs is 1. The van der Waals surface area contributed by atoms with Crippen molar-refractivity contribution in [1.29, 1.82) is 0 Å². The van der Waals surface area contributed by atoms with Crippen LogP contribution in [0.25, 0.3) is 28.2 Å². The molecule has 188 valence electrons. The molecular weight excluding hydrogens is 496 g/mol. The van der Waals surface area contributed by atoms with Gasteiger partial charge in [-0.1, -0.05) is 11.6 Å². The maximum Gasteiger partial charge on any atom is 0.291 e. The molecule has 0 atom stereocenters. The lowest BCUT2D eigenvalue weighted by Crippen LogP contribution is -2.41. The van der Waals surface area contributed by atoms with Gasteiger partial charge < -0.3 is 25.1 Å². The van der Waals surface area contributed by atoms with Crippen LogP contribution in [-0.2, 0) is 16.1 Å². The van der Waals surface area contributed by atoms with Gasteiger partial charge in [-0.25, -0.2) is 15.0 Å². The zero-order valence-electron chi connectivity index (χ0n) is 19.7. The number of rotatable bonds is 6. The van der Waals surface area contributed by atoms with Gasteiger partial charge in [0.15, 0.2) is 5.58 Å². The van der Waals surface area contributed by atoms with Gasteiger partial charge in [-0.2, -0.15) is 0 Å². The number of hydrogen-bond acceptors (Lipinski definition) is 8. The molecule has 4 aromatic rings. The second-order valence-corrected chi connectivity index (χ2v) is 8.76. The quantitative estimate of drug-likeness (QED) is 0.371. The summed E-state index contributed by atoms with van der Waals surface area (Å²) in [5, 5.41) is 3.96. The van der Waals surface area contributed by atoms with E-state index in [9.17, 15) is 9.59 Å². The van der Waals surface area contributed by atoms with Crippen molar-refractivity contribution in [3.8, 4) is 11.1 Å². The third kappa shape index (κ3) is 5.76.